The molecule has 0 spiro atoms. The topological polar surface area (TPSA) is 86.9 Å². The zero-order valence-electron chi connectivity index (χ0n) is 11.4. The highest BCUT2D eigenvalue weighted by molar-refractivity contribution is 9.10. The van der Waals surface area contributed by atoms with E-state index in [1.165, 1.54) is 0 Å². The molecular weight excluding hydrogens is 336 g/mol. The van der Waals surface area contributed by atoms with Crippen LogP contribution >= 0.6 is 15.9 Å². The molecule has 0 saturated carbocycles. The Kier molecular flexibility index (Phi) is 5.10. The van der Waals surface area contributed by atoms with E-state index in [1.54, 1.807) is 30.5 Å². The Bertz CT molecular complexity index is 637. The average Bonchev–Trinajstić information content (AvgIpc) is 2.92. The minimum atomic E-state index is -0.306. The monoisotopic (exact) mass is 350 g/mol. The zero-order chi connectivity index (χ0) is 15.2. The summed E-state index contributed by atoms with van der Waals surface area (Å²) in [7, 11) is 0. The van der Waals surface area contributed by atoms with Gasteiger partial charge in [0.2, 0.25) is 5.91 Å². The van der Waals surface area contributed by atoms with Crippen LogP contribution in [0.1, 0.15) is 22.8 Å². The molecule has 0 atom stereocenters. The molecular formula is C14H15BrN4O2. The van der Waals surface area contributed by atoms with Gasteiger partial charge in [-0.25, -0.2) is 0 Å². The number of anilines is 1. The molecule has 0 aliphatic heterocycles. The van der Waals surface area contributed by atoms with Gasteiger partial charge in [0, 0.05) is 15.6 Å². The van der Waals surface area contributed by atoms with E-state index in [2.05, 4.69) is 36.8 Å². The van der Waals surface area contributed by atoms with Gasteiger partial charge < -0.3 is 10.6 Å². The van der Waals surface area contributed by atoms with Gasteiger partial charge >= 0.3 is 0 Å². The smallest absolute Gasteiger partial charge is 0.251 e. The number of H-pyrrole nitrogens is 1. The number of carbonyl (C=O) groups excluding carboxylic acids is 2. The molecule has 7 heteroatoms. The summed E-state index contributed by atoms with van der Waals surface area (Å²) < 4.78 is 0.892. The lowest BCUT2D eigenvalue weighted by molar-refractivity contribution is -0.115. The summed E-state index contributed by atoms with van der Waals surface area (Å²) in [6.07, 6.45) is 2.42. The van der Waals surface area contributed by atoms with Gasteiger partial charge in [-0.05, 0) is 30.7 Å². The lowest BCUT2D eigenvalue weighted by Crippen LogP contribution is -2.33. The van der Waals surface area contributed by atoms with Gasteiger partial charge in [-0.1, -0.05) is 22.9 Å². The normalized spacial score (nSPS) is 10.2. The molecule has 0 unspecified atom stereocenters. The molecule has 2 rings (SSSR count). The van der Waals surface area contributed by atoms with Crippen LogP contribution in [0.15, 0.2) is 34.9 Å². The van der Waals surface area contributed by atoms with Gasteiger partial charge in [0.05, 0.1) is 12.7 Å². The second kappa shape index (κ2) is 7.03. The van der Waals surface area contributed by atoms with Crippen molar-refractivity contribution in [1.29, 1.82) is 0 Å². The minimum absolute atomic E-state index is 0.100. The molecule has 0 aliphatic carbocycles. The van der Waals surface area contributed by atoms with Crippen LogP contribution in [0.25, 0.3) is 0 Å². The fraction of sp³-hybridized carbons (Fsp3) is 0.214. The Balaban J connectivity index is 1.86. The molecule has 0 aliphatic rings. The number of carbonyl (C=O) groups is 2. The van der Waals surface area contributed by atoms with E-state index in [9.17, 15) is 9.59 Å². The van der Waals surface area contributed by atoms with E-state index in [1.807, 2.05) is 6.92 Å². The molecule has 110 valence electrons. The van der Waals surface area contributed by atoms with Crippen molar-refractivity contribution < 1.29 is 9.59 Å². The first kappa shape index (κ1) is 15.2. The van der Waals surface area contributed by atoms with Crippen molar-refractivity contribution in [3.05, 3.63) is 46.1 Å². The zero-order valence-corrected chi connectivity index (χ0v) is 13.0. The highest BCUT2D eigenvalue weighted by Crippen LogP contribution is 2.11. The van der Waals surface area contributed by atoms with Gasteiger partial charge in [-0.15, -0.1) is 0 Å². The van der Waals surface area contributed by atoms with Crippen molar-refractivity contribution in [3.63, 3.8) is 0 Å². The minimum Gasteiger partial charge on any atom is -0.343 e. The fourth-order valence-electron chi connectivity index (χ4n) is 1.73. The Morgan fingerprint density at radius 1 is 1.29 bits per heavy atom. The van der Waals surface area contributed by atoms with Crippen LogP contribution in [-0.4, -0.2) is 28.6 Å². The van der Waals surface area contributed by atoms with E-state index in [0.29, 0.717) is 11.4 Å². The molecule has 0 radical (unpaired) electrons. The number of benzene rings is 1. The lowest BCUT2D eigenvalue weighted by Gasteiger charge is -2.07. The third kappa shape index (κ3) is 4.16. The van der Waals surface area contributed by atoms with Crippen molar-refractivity contribution >= 4 is 33.6 Å². The Hall–Kier alpha value is -2.15. The van der Waals surface area contributed by atoms with E-state index in [-0.39, 0.29) is 18.4 Å². The Morgan fingerprint density at radius 2 is 2.00 bits per heavy atom. The van der Waals surface area contributed by atoms with Crippen LogP contribution in [0.4, 0.5) is 5.82 Å². The van der Waals surface area contributed by atoms with Crippen LogP contribution in [-0.2, 0) is 11.2 Å². The number of hydrogen-bond acceptors (Lipinski definition) is 3. The number of hydrogen-bond donors (Lipinski definition) is 3. The summed E-state index contributed by atoms with van der Waals surface area (Å²) in [6.45, 7) is 1.87. The van der Waals surface area contributed by atoms with Crippen LogP contribution in [0, 0.1) is 0 Å². The van der Waals surface area contributed by atoms with Crippen molar-refractivity contribution in [2.45, 2.75) is 13.3 Å². The van der Waals surface area contributed by atoms with Crippen LogP contribution in [0.2, 0.25) is 0 Å². The first-order valence-electron chi connectivity index (χ1n) is 6.46. The number of aromatic amines is 1. The highest BCUT2D eigenvalue weighted by atomic mass is 79.9. The predicted molar refractivity (Wildman–Crippen MR) is 83.1 cm³/mol. The Morgan fingerprint density at radius 3 is 2.67 bits per heavy atom. The molecule has 1 aromatic carbocycles. The van der Waals surface area contributed by atoms with Crippen molar-refractivity contribution in [2.24, 2.45) is 0 Å². The quantitative estimate of drug-likeness (QED) is 0.771. The maximum atomic E-state index is 11.9. The molecule has 1 heterocycles. The number of amides is 2. The first-order chi connectivity index (χ1) is 10.1. The molecule has 0 saturated heterocycles. The van der Waals surface area contributed by atoms with Gasteiger partial charge in [-0.2, -0.15) is 5.10 Å². The maximum absolute atomic E-state index is 11.9. The molecule has 1 aromatic heterocycles. The first-order valence-corrected chi connectivity index (χ1v) is 7.25. The van der Waals surface area contributed by atoms with Gasteiger partial charge in [-0.3, -0.25) is 14.7 Å². The van der Waals surface area contributed by atoms with E-state index >= 15 is 0 Å². The molecule has 2 amide bonds. The average molecular weight is 351 g/mol. The Labute approximate surface area is 130 Å². The third-order valence-electron chi connectivity index (χ3n) is 2.88. The highest BCUT2D eigenvalue weighted by Gasteiger charge is 2.10. The van der Waals surface area contributed by atoms with Gasteiger partial charge in [0.25, 0.3) is 5.91 Å². The molecule has 6 nitrogen and oxygen atoms in total. The summed E-state index contributed by atoms with van der Waals surface area (Å²) in [6, 6.07) is 6.91. The molecule has 0 fully saturated rings. The summed E-state index contributed by atoms with van der Waals surface area (Å²) in [4.78, 5) is 23.6. The fourth-order valence-corrected chi connectivity index (χ4v) is 2.00. The number of aryl methyl sites for hydroxylation is 1. The number of rotatable bonds is 5. The number of aromatic nitrogens is 2. The van der Waals surface area contributed by atoms with Crippen LogP contribution in [0.5, 0.6) is 0 Å². The molecule has 3 N–H and O–H groups in total. The van der Waals surface area contributed by atoms with Gasteiger partial charge in [0.1, 0.15) is 5.82 Å². The number of nitrogens with one attached hydrogen (secondary N) is 3. The van der Waals surface area contributed by atoms with E-state index < -0.39 is 0 Å². The summed E-state index contributed by atoms with van der Waals surface area (Å²) in [5.74, 6) is -0.0298. The van der Waals surface area contributed by atoms with E-state index in [0.717, 1.165) is 16.5 Å². The molecule has 0 bridgehead atoms. The second-order valence-corrected chi connectivity index (χ2v) is 5.28. The molecule has 2 aromatic rings. The van der Waals surface area contributed by atoms with Crippen molar-refractivity contribution in [2.75, 3.05) is 11.9 Å². The predicted octanol–water partition coefficient (Wildman–Crippen LogP) is 2.10. The van der Waals surface area contributed by atoms with Crippen molar-refractivity contribution in [3.8, 4) is 0 Å². The van der Waals surface area contributed by atoms with Crippen molar-refractivity contribution in [1.82, 2.24) is 15.5 Å². The summed E-state index contributed by atoms with van der Waals surface area (Å²) in [5, 5.41) is 11.8. The molecule has 21 heavy (non-hydrogen) atoms. The third-order valence-corrected chi connectivity index (χ3v) is 3.41. The van der Waals surface area contributed by atoms with Gasteiger partial charge in [0.15, 0.2) is 0 Å². The second-order valence-electron chi connectivity index (χ2n) is 4.36. The van der Waals surface area contributed by atoms with Crippen LogP contribution < -0.4 is 10.6 Å². The van der Waals surface area contributed by atoms with E-state index in [4.69, 9.17) is 0 Å². The number of halogens is 1. The summed E-state index contributed by atoms with van der Waals surface area (Å²) >= 11 is 3.30. The largest absolute Gasteiger partial charge is 0.343 e. The number of nitrogens with zero attached hydrogens (tertiary/aromatic N) is 1. The maximum Gasteiger partial charge on any atom is 0.251 e. The van der Waals surface area contributed by atoms with Crippen LogP contribution in [0.3, 0.4) is 0 Å². The summed E-state index contributed by atoms with van der Waals surface area (Å²) in [5.41, 5.74) is 1.42. The standard InChI is InChI=1S/C14H15BrN4O2/c1-2-9-7-17-19-13(9)18-12(20)8-16-14(21)10-3-5-11(15)6-4-10/h3-7H,2,8H2,1H3,(H,16,21)(H2,17,18,19,20). The SMILES string of the molecule is CCc1cn[nH]c1NC(=O)CNC(=O)c1ccc(Br)cc1. The lowest BCUT2D eigenvalue weighted by atomic mass is 10.2.